The zero-order valence-corrected chi connectivity index (χ0v) is 20.8. The Bertz CT molecular complexity index is 1520. The van der Waals surface area contributed by atoms with Crippen molar-refractivity contribution in [2.24, 2.45) is 5.92 Å². The third-order valence-corrected chi connectivity index (χ3v) is 8.02. The van der Waals surface area contributed by atoms with Gasteiger partial charge in [0.2, 0.25) is 5.91 Å². The lowest BCUT2D eigenvalue weighted by atomic mass is 9.95. The van der Waals surface area contributed by atoms with Crippen LogP contribution in [0.4, 0.5) is 11.4 Å². The van der Waals surface area contributed by atoms with Gasteiger partial charge in [-0.25, -0.2) is 9.96 Å². The molecule has 2 fully saturated rings. The number of aromatic nitrogens is 1. The quantitative estimate of drug-likeness (QED) is 0.332. The van der Waals surface area contributed by atoms with Crippen molar-refractivity contribution in [3.63, 3.8) is 0 Å². The second-order valence-corrected chi connectivity index (χ2v) is 10.1. The number of rotatable bonds is 4. The van der Waals surface area contributed by atoms with E-state index >= 15 is 0 Å². The van der Waals surface area contributed by atoms with Crippen molar-refractivity contribution in [2.75, 3.05) is 9.96 Å². The number of para-hydroxylation sites is 2. The topological polar surface area (TPSA) is 71.8 Å². The fourth-order valence-corrected chi connectivity index (χ4v) is 6.27. The Hall–Kier alpha value is -3.43. The average Bonchev–Trinajstić information content (AvgIpc) is 3.50. The highest BCUT2D eigenvalue weighted by Gasteiger charge is 2.61. The van der Waals surface area contributed by atoms with Gasteiger partial charge in [0, 0.05) is 5.02 Å². The normalized spacial score (nSPS) is 21.3. The van der Waals surface area contributed by atoms with Crippen molar-refractivity contribution in [3.8, 4) is 5.69 Å². The van der Waals surface area contributed by atoms with Crippen LogP contribution in [-0.2, 0) is 14.4 Å². The van der Waals surface area contributed by atoms with Gasteiger partial charge < -0.3 is 0 Å². The molecule has 2 aliphatic heterocycles. The number of hydroxylamine groups is 1. The molecule has 4 aromatic rings. The first-order valence-corrected chi connectivity index (χ1v) is 12.6. The summed E-state index contributed by atoms with van der Waals surface area (Å²) in [7, 11) is 0. The number of fused-ring (bicyclic) bond motifs is 1. The molecule has 0 aliphatic carbocycles. The predicted octanol–water partition coefficient (Wildman–Crippen LogP) is 5.26. The first-order valence-electron chi connectivity index (χ1n) is 11.1. The summed E-state index contributed by atoms with van der Waals surface area (Å²) >= 11 is 13.7. The summed E-state index contributed by atoms with van der Waals surface area (Å²) in [4.78, 5) is 47.7. The number of imide groups is 1. The zero-order valence-electron chi connectivity index (χ0n) is 18.5. The minimum Gasteiger partial charge on any atom is -0.273 e. The molecule has 0 unspecified atom stereocenters. The fourth-order valence-electron chi connectivity index (χ4n) is 4.67. The van der Waals surface area contributed by atoms with Gasteiger partial charge in [-0.3, -0.25) is 23.8 Å². The Kier molecular flexibility index (Phi) is 5.69. The van der Waals surface area contributed by atoms with Crippen LogP contribution in [-0.4, -0.2) is 22.5 Å². The molecule has 180 valence electrons. The Balaban J connectivity index is 1.48. The molecule has 3 aromatic carbocycles. The first-order chi connectivity index (χ1) is 17.5. The molecule has 0 bridgehead atoms. The van der Waals surface area contributed by atoms with Crippen LogP contribution in [0.2, 0.25) is 10.2 Å². The molecule has 3 heterocycles. The third-order valence-electron chi connectivity index (χ3n) is 6.27. The highest BCUT2D eigenvalue weighted by atomic mass is 35.5. The summed E-state index contributed by atoms with van der Waals surface area (Å²) in [6, 6.07) is 23.8. The van der Waals surface area contributed by atoms with E-state index in [1.165, 1.54) is 9.63 Å². The number of carbonyl (C=O) groups excluding carboxylic acids is 2. The SMILES string of the molecule is O=C1[C@@H]2[C@@H](ON(c3ccccc3)[C@H]2c2sc(=O)n(-c3ccccc3)c2Cl)C(=O)N1c1ccc(Cl)cc1. The van der Waals surface area contributed by atoms with Crippen LogP contribution in [0.5, 0.6) is 0 Å². The van der Waals surface area contributed by atoms with Gasteiger partial charge in [0.05, 0.1) is 21.9 Å². The van der Waals surface area contributed by atoms with Gasteiger partial charge in [0.1, 0.15) is 17.1 Å². The third kappa shape index (κ3) is 3.57. The maximum Gasteiger partial charge on any atom is 0.313 e. The molecule has 36 heavy (non-hydrogen) atoms. The second-order valence-electron chi connectivity index (χ2n) is 8.34. The van der Waals surface area contributed by atoms with E-state index in [1.807, 2.05) is 48.5 Å². The fraction of sp³-hybridized carbons (Fsp3) is 0.115. The molecule has 2 saturated heterocycles. The molecule has 0 spiro atoms. The highest BCUT2D eigenvalue weighted by molar-refractivity contribution is 7.10. The van der Waals surface area contributed by atoms with Gasteiger partial charge in [-0.15, -0.1) is 0 Å². The number of hydrogen-bond donors (Lipinski definition) is 0. The maximum absolute atomic E-state index is 13.8. The van der Waals surface area contributed by atoms with E-state index in [2.05, 4.69) is 0 Å². The summed E-state index contributed by atoms with van der Waals surface area (Å²) in [6.07, 6.45) is -1.07. The molecule has 1 aromatic heterocycles. The number of thiazole rings is 1. The van der Waals surface area contributed by atoms with Crippen LogP contribution >= 0.6 is 34.5 Å². The molecule has 3 atom stereocenters. The van der Waals surface area contributed by atoms with Crippen molar-refractivity contribution < 1.29 is 14.4 Å². The van der Waals surface area contributed by atoms with E-state index in [1.54, 1.807) is 36.4 Å². The number of amides is 2. The van der Waals surface area contributed by atoms with E-state index < -0.39 is 29.9 Å². The lowest BCUT2D eigenvalue weighted by molar-refractivity contribution is -0.126. The van der Waals surface area contributed by atoms with E-state index in [4.69, 9.17) is 28.0 Å². The van der Waals surface area contributed by atoms with Crippen LogP contribution in [0.25, 0.3) is 5.69 Å². The maximum atomic E-state index is 13.8. The number of halogens is 2. The average molecular weight is 538 g/mol. The van der Waals surface area contributed by atoms with Crippen LogP contribution in [0, 0.1) is 5.92 Å². The van der Waals surface area contributed by atoms with Crippen molar-refractivity contribution >= 4 is 57.7 Å². The van der Waals surface area contributed by atoms with Gasteiger partial charge in [0.15, 0.2) is 6.10 Å². The van der Waals surface area contributed by atoms with E-state index in [-0.39, 0.29) is 10.0 Å². The lowest BCUT2D eigenvalue weighted by Crippen LogP contribution is -2.37. The summed E-state index contributed by atoms with van der Waals surface area (Å²) in [5.74, 6) is -1.83. The van der Waals surface area contributed by atoms with Crippen LogP contribution in [0.15, 0.2) is 89.7 Å². The van der Waals surface area contributed by atoms with Crippen molar-refractivity contribution in [1.82, 2.24) is 4.57 Å². The monoisotopic (exact) mass is 537 g/mol. The van der Waals surface area contributed by atoms with Gasteiger partial charge in [-0.1, -0.05) is 70.9 Å². The summed E-state index contributed by atoms with van der Waals surface area (Å²) in [6.45, 7) is 0. The molecule has 0 radical (unpaired) electrons. The summed E-state index contributed by atoms with van der Waals surface area (Å²) in [5, 5.41) is 2.19. The molecular formula is C26H17Cl2N3O4S. The Labute approximate surface area is 219 Å². The molecule has 2 aliphatic rings. The second kappa shape index (κ2) is 8.90. The van der Waals surface area contributed by atoms with Gasteiger partial charge >= 0.3 is 4.87 Å². The molecule has 7 nitrogen and oxygen atoms in total. The van der Waals surface area contributed by atoms with E-state index in [0.29, 0.717) is 27.0 Å². The minimum atomic E-state index is -1.07. The van der Waals surface area contributed by atoms with Gasteiger partial charge in [-0.05, 0) is 48.5 Å². The number of carbonyl (C=O) groups is 2. The Morgan fingerprint density at radius 3 is 1.97 bits per heavy atom. The van der Waals surface area contributed by atoms with Gasteiger partial charge in [-0.2, -0.15) is 0 Å². The summed E-state index contributed by atoms with van der Waals surface area (Å²) in [5.41, 5.74) is 1.64. The minimum absolute atomic E-state index is 0.177. The molecular weight excluding hydrogens is 521 g/mol. The smallest absolute Gasteiger partial charge is 0.273 e. The van der Waals surface area contributed by atoms with Crippen molar-refractivity contribution in [3.05, 3.63) is 110 Å². The van der Waals surface area contributed by atoms with Crippen LogP contribution < -0.4 is 14.8 Å². The summed E-state index contributed by atoms with van der Waals surface area (Å²) < 4.78 is 1.40. The number of benzene rings is 3. The standard InChI is InChI=1S/C26H17Cl2N3O4S/c27-15-11-13-17(14-12-15)30-24(32)19-20(31(35-21(19)25(30)33)18-9-5-2-6-10-18)22-23(28)29(26(34)36-22)16-7-3-1-4-8-16/h1-14,19-21H/t19-,20+,21+/m0/s1. The zero-order chi connectivity index (χ0) is 25.0. The Morgan fingerprint density at radius 1 is 0.722 bits per heavy atom. The van der Waals surface area contributed by atoms with Gasteiger partial charge in [0.25, 0.3) is 5.91 Å². The molecule has 2 amide bonds. The van der Waals surface area contributed by atoms with Crippen molar-refractivity contribution in [2.45, 2.75) is 12.1 Å². The largest absolute Gasteiger partial charge is 0.313 e. The first kappa shape index (κ1) is 23.0. The number of hydrogen-bond acceptors (Lipinski definition) is 6. The predicted molar refractivity (Wildman–Crippen MR) is 139 cm³/mol. The van der Waals surface area contributed by atoms with Crippen LogP contribution in [0.3, 0.4) is 0 Å². The lowest BCUT2D eigenvalue weighted by Gasteiger charge is -2.28. The molecule has 0 saturated carbocycles. The molecule has 6 rings (SSSR count). The number of anilines is 2. The highest BCUT2D eigenvalue weighted by Crippen LogP contribution is 2.50. The van der Waals surface area contributed by atoms with E-state index in [9.17, 15) is 14.4 Å². The number of nitrogens with zero attached hydrogens (tertiary/aromatic N) is 3. The van der Waals surface area contributed by atoms with Crippen LogP contribution in [0.1, 0.15) is 10.9 Å². The Morgan fingerprint density at radius 2 is 1.33 bits per heavy atom. The molecule has 10 heteroatoms. The molecule has 0 N–H and O–H groups in total. The van der Waals surface area contributed by atoms with E-state index in [0.717, 1.165) is 16.2 Å². The van der Waals surface area contributed by atoms with Crippen molar-refractivity contribution in [1.29, 1.82) is 0 Å².